The van der Waals surface area contributed by atoms with Crippen LogP contribution in [0.25, 0.3) is 0 Å². The SMILES string of the molecule is Cc1c(C(=O)N2CCCC2CN2CCCCC2)nnn1C1CCNCC1. The fourth-order valence-corrected chi connectivity index (χ4v) is 4.81. The number of carbonyl (C=O) groups excluding carboxylic acids is 1. The van der Waals surface area contributed by atoms with Crippen LogP contribution in [0.4, 0.5) is 0 Å². The summed E-state index contributed by atoms with van der Waals surface area (Å²) in [5.74, 6) is 0.0854. The van der Waals surface area contributed by atoms with Crippen molar-refractivity contribution in [1.29, 1.82) is 0 Å². The second-order valence-corrected chi connectivity index (χ2v) is 8.11. The van der Waals surface area contributed by atoms with E-state index in [1.54, 1.807) is 0 Å². The molecule has 0 bridgehead atoms. The molecular formula is C19H32N6O. The average Bonchev–Trinajstić information content (AvgIpc) is 3.29. The van der Waals surface area contributed by atoms with Crippen molar-refractivity contribution in [2.45, 2.75) is 64.0 Å². The molecule has 4 rings (SSSR count). The number of aromatic nitrogens is 3. The van der Waals surface area contributed by atoms with E-state index in [1.807, 2.05) is 11.6 Å². The van der Waals surface area contributed by atoms with Gasteiger partial charge in [0.1, 0.15) is 0 Å². The van der Waals surface area contributed by atoms with Gasteiger partial charge in [0.05, 0.1) is 11.7 Å². The highest BCUT2D eigenvalue weighted by atomic mass is 16.2. The van der Waals surface area contributed by atoms with Gasteiger partial charge >= 0.3 is 0 Å². The number of carbonyl (C=O) groups is 1. The van der Waals surface area contributed by atoms with Crippen LogP contribution < -0.4 is 5.32 Å². The summed E-state index contributed by atoms with van der Waals surface area (Å²) in [6.07, 6.45) is 8.27. The molecule has 3 saturated heterocycles. The Morgan fingerprint density at radius 2 is 1.85 bits per heavy atom. The third-order valence-corrected chi connectivity index (χ3v) is 6.34. The summed E-state index contributed by atoms with van der Waals surface area (Å²) in [5.41, 5.74) is 1.50. The Labute approximate surface area is 156 Å². The minimum Gasteiger partial charge on any atom is -0.333 e. The number of piperidine rings is 2. The first kappa shape index (κ1) is 17.9. The van der Waals surface area contributed by atoms with Gasteiger partial charge in [-0.2, -0.15) is 0 Å². The highest BCUT2D eigenvalue weighted by molar-refractivity contribution is 5.93. The fourth-order valence-electron chi connectivity index (χ4n) is 4.81. The Hall–Kier alpha value is -1.47. The smallest absolute Gasteiger partial charge is 0.276 e. The molecule has 0 aliphatic carbocycles. The van der Waals surface area contributed by atoms with Gasteiger partial charge in [-0.1, -0.05) is 11.6 Å². The number of nitrogens with one attached hydrogen (secondary N) is 1. The highest BCUT2D eigenvalue weighted by Gasteiger charge is 2.34. The van der Waals surface area contributed by atoms with Crippen LogP contribution in [-0.4, -0.2) is 76.0 Å². The van der Waals surface area contributed by atoms with Gasteiger partial charge < -0.3 is 15.1 Å². The van der Waals surface area contributed by atoms with Crippen molar-refractivity contribution in [3.8, 4) is 0 Å². The molecule has 0 saturated carbocycles. The van der Waals surface area contributed by atoms with E-state index in [1.165, 1.54) is 32.4 Å². The standard InChI is InChI=1S/C19H32N6O/c1-15-18(21-22-25(15)16-7-9-20-10-8-16)19(26)24-13-5-6-17(24)14-23-11-3-2-4-12-23/h16-17,20H,2-14H2,1H3. The van der Waals surface area contributed by atoms with E-state index in [4.69, 9.17) is 0 Å². The van der Waals surface area contributed by atoms with E-state index < -0.39 is 0 Å². The monoisotopic (exact) mass is 360 g/mol. The fraction of sp³-hybridized carbons (Fsp3) is 0.842. The van der Waals surface area contributed by atoms with Gasteiger partial charge in [0.25, 0.3) is 5.91 Å². The highest BCUT2D eigenvalue weighted by Crippen LogP contribution is 2.25. The molecule has 7 nitrogen and oxygen atoms in total. The minimum absolute atomic E-state index is 0.0854. The van der Waals surface area contributed by atoms with Crippen molar-refractivity contribution in [1.82, 2.24) is 30.1 Å². The van der Waals surface area contributed by atoms with Crippen molar-refractivity contribution in [2.24, 2.45) is 0 Å². The molecule has 1 aromatic heterocycles. The summed E-state index contributed by atoms with van der Waals surface area (Å²) in [6.45, 7) is 8.27. The third-order valence-electron chi connectivity index (χ3n) is 6.34. The molecule has 3 fully saturated rings. The molecule has 0 aromatic carbocycles. The van der Waals surface area contributed by atoms with E-state index in [0.29, 0.717) is 17.8 Å². The van der Waals surface area contributed by atoms with Crippen LogP contribution in [-0.2, 0) is 0 Å². The Morgan fingerprint density at radius 1 is 1.08 bits per heavy atom. The summed E-state index contributed by atoms with van der Waals surface area (Å²) in [7, 11) is 0. The summed E-state index contributed by atoms with van der Waals surface area (Å²) in [4.78, 5) is 17.8. The van der Waals surface area contributed by atoms with E-state index in [2.05, 4.69) is 25.4 Å². The van der Waals surface area contributed by atoms with E-state index in [0.717, 1.165) is 57.6 Å². The zero-order chi connectivity index (χ0) is 17.9. The predicted molar refractivity (Wildman–Crippen MR) is 100 cm³/mol. The van der Waals surface area contributed by atoms with Gasteiger partial charge in [-0.05, 0) is 71.6 Å². The van der Waals surface area contributed by atoms with Crippen molar-refractivity contribution in [3.05, 3.63) is 11.4 Å². The molecule has 1 aromatic rings. The van der Waals surface area contributed by atoms with Gasteiger partial charge in [0.2, 0.25) is 0 Å². The van der Waals surface area contributed by atoms with Crippen LogP contribution in [0.3, 0.4) is 0 Å². The molecule has 1 amide bonds. The molecule has 0 spiro atoms. The first-order valence-corrected chi connectivity index (χ1v) is 10.4. The number of amides is 1. The number of likely N-dealkylation sites (tertiary alicyclic amines) is 2. The average molecular weight is 361 g/mol. The van der Waals surface area contributed by atoms with E-state index in [-0.39, 0.29) is 5.91 Å². The summed E-state index contributed by atoms with van der Waals surface area (Å²) >= 11 is 0. The topological polar surface area (TPSA) is 66.3 Å². The lowest BCUT2D eigenvalue weighted by atomic mass is 10.1. The van der Waals surface area contributed by atoms with Gasteiger partial charge in [-0.3, -0.25) is 4.79 Å². The van der Waals surface area contributed by atoms with Crippen LogP contribution in [0.2, 0.25) is 0 Å². The summed E-state index contributed by atoms with van der Waals surface area (Å²) < 4.78 is 1.99. The zero-order valence-electron chi connectivity index (χ0n) is 16.0. The maximum atomic E-state index is 13.2. The molecule has 0 radical (unpaired) electrons. The van der Waals surface area contributed by atoms with Crippen molar-refractivity contribution in [2.75, 3.05) is 39.3 Å². The molecule has 1 N–H and O–H groups in total. The summed E-state index contributed by atoms with van der Waals surface area (Å²) in [5, 5.41) is 12.0. The Balaban J connectivity index is 1.45. The van der Waals surface area contributed by atoms with Crippen molar-refractivity contribution < 1.29 is 4.79 Å². The zero-order valence-corrected chi connectivity index (χ0v) is 16.0. The Bertz CT molecular complexity index is 618. The predicted octanol–water partition coefficient (Wildman–Crippen LogP) is 1.60. The van der Waals surface area contributed by atoms with E-state index >= 15 is 0 Å². The maximum absolute atomic E-state index is 13.2. The first-order chi connectivity index (χ1) is 12.7. The van der Waals surface area contributed by atoms with Gasteiger partial charge in [-0.15, -0.1) is 5.10 Å². The molecule has 144 valence electrons. The molecule has 4 heterocycles. The minimum atomic E-state index is 0.0854. The van der Waals surface area contributed by atoms with Crippen LogP contribution in [0.1, 0.15) is 67.2 Å². The second kappa shape index (κ2) is 8.05. The van der Waals surface area contributed by atoms with Gasteiger partial charge in [-0.25, -0.2) is 4.68 Å². The van der Waals surface area contributed by atoms with Crippen LogP contribution in [0, 0.1) is 6.92 Å². The molecule has 1 unspecified atom stereocenters. The van der Waals surface area contributed by atoms with Crippen LogP contribution >= 0.6 is 0 Å². The number of hydrogen-bond donors (Lipinski definition) is 1. The molecule has 3 aliphatic heterocycles. The lowest BCUT2D eigenvalue weighted by Crippen LogP contribution is -2.45. The lowest BCUT2D eigenvalue weighted by molar-refractivity contribution is 0.0683. The molecular weight excluding hydrogens is 328 g/mol. The third kappa shape index (κ3) is 3.64. The largest absolute Gasteiger partial charge is 0.333 e. The lowest BCUT2D eigenvalue weighted by Gasteiger charge is -2.32. The number of rotatable bonds is 4. The Kier molecular flexibility index (Phi) is 5.55. The van der Waals surface area contributed by atoms with Gasteiger partial charge in [0, 0.05) is 19.1 Å². The number of hydrogen-bond acceptors (Lipinski definition) is 5. The number of nitrogens with zero attached hydrogens (tertiary/aromatic N) is 5. The van der Waals surface area contributed by atoms with Crippen molar-refractivity contribution in [3.63, 3.8) is 0 Å². The molecule has 7 heteroatoms. The van der Waals surface area contributed by atoms with Gasteiger partial charge in [0.15, 0.2) is 5.69 Å². The molecule has 26 heavy (non-hydrogen) atoms. The molecule has 1 atom stereocenters. The maximum Gasteiger partial charge on any atom is 0.276 e. The van der Waals surface area contributed by atoms with Crippen molar-refractivity contribution >= 4 is 5.91 Å². The summed E-state index contributed by atoms with van der Waals surface area (Å²) in [6, 6.07) is 0.706. The normalized spacial score (nSPS) is 25.7. The Morgan fingerprint density at radius 3 is 2.62 bits per heavy atom. The second-order valence-electron chi connectivity index (χ2n) is 8.11. The van der Waals surface area contributed by atoms with Crippen LogP contribution in [0.5, 0.6) is 0 Å². The first-order valence-electron chi connectivity index (χ1n) is 10.4. The van der Waals surface area contributed by atoms with Crippen LogP contribution in [0.15, 0.2) is 0 Å². The quantitative estimate of drug-likeness (QED) is 0.883. The van der Waals surface area contributed by atoms with E-state index in [9.17, 15) is 4.79 Å². The molecule has 3 aliphatic rings.